The predicted molar refractivity (Wildman–Crippen MR) is 112 cm³/mol. The number of pyridine rings is 1. The zero-order valence-corrected chi connectivity index (χ0v) is 16.1. The van der Waals surface area contributed by atoms with Gasteiger partial charge in [-0.2, -0.15) is 0 Å². The molecule has 1 heterocycles. The second-order valence-electron chi connectivity index (χ2n) is 6.77. The molecule has 5 heteroatoms. The van der Waals surface area contributed by atoms with Gasteiger partial charge in [0.15, 0.2) is 0 Å². The molecule has 0 radical (unpaired) electrons. The lowest BCUT2D eigenvalue weighted by molar-refractivity contribution is 0.102. The number of aromatic nitrogens is 1. The first-order chi connectivity index (χ1) is 12.9. The minimum atomic E-state index is -0.155. The summed E-state index contributed by atoms with van der Waals surface area (Å²) >= 11 is 0. The molecule has 0 bridgehead atoms. The Labute approximate surface area is 160 Å². The number of nitrogens with zero attached hydrogens (tertiary/aromatic N) is 2. The maximum absolute atomic E-state index is 12.6. The van der Waals surface area contributed by atoms with Gasteiger partial charge in [-0.05, 0) is 67.4 Å². The third-order valence-electron chi connectivity index (χ3n) is 4.32. The maximum Gasteiger partial charge on any atom is 0.255 e. The Bertz CT molecular complexity index is 949. The molecule has 0 aliphatic rings. The van der Waals surface area contributed by atoms with Gasteiger partial charge in [-0.15, -0.1) is 0 Å². The van der Waals surface area contributed by atoms with Crippen LogP contribution in [0, 0.1) is 13.8 Å². The van der Waals surface area contributed by atoms with Crippen LogP contribution in [-0.4, -0.2) is 25.0 Å². The van der Waals surface area contributed by atoms with Crippen LogP contribution in [0.5, 0.6) is 0 Å². The zero-order valence-electron chi connectivity index (χ0n) is 16.1. The van der Waals surface area contributed by atoms with Gasteiger partial charge in [0.1, 0.15) is 5.82 Å². The number of hydrogen-bond donors (Lipinski definition) is 2. The maximum atomic E-state index is 12.6. The summed E-state index contributed by atoms with van der Waals surface area (Å²) in [6, 6.07) is 17.5. The lowest BCUT2D eigenvalue weighted by Crippen LogP contribution is -2.13. The number of amides is 1. The molecule has 2 N–H and O–H groups in total. The van der Waals surface area contributed by atoms with E-state index >= 15 is 0 Å². The van der Waals surface area contributed by atoms with E-state index in [1.165, 1.54) is 0 Å². The van der Waals surface area contributed by atoms with Crippen molar-refractivity contribution in [2.75, 3.05) is 29.6 Å². The minimum Gasteiger partial charge on any atom is -0.378 e. The molecule has 3 rings (SSSR count). The fourth-order valence-electron chi connectivity index (χ4n) is 2.70. The van der Waals surface area contributed by atoms with Crippen LogP contribution in [0.4, 0.5) is 22.9 Å². The van der Waals surface area contributed by atoms with Crippen molar-refractivity contribution in [2.24, 2.45) is 0 Å². The first kappa shape index (κ1) is 18.5. The van der Waals surface area contributed by atoms with Gasteiger partial charge >= 0.3 is 0 Å². The van der Waals surface area contributed by atoms with Gasteiger partial charge in [-0.3, -0.25) is 4.79 Å². The molecule has 27 heavy (non-hydrogen) atoms. The van der Waals surface area contributed by atoms with E-state index in [4.69, 9.17) is 0 Å². The van der Waals surface area contributed by atoms with Gasteiger partial charge in [0.2, 0.25) is 0 Å². The van der Waals surface area contributed by atoms with Crippen molar-refractivity contribution in [3.8, 4) is 0 Å². The number of nitrogens with one attached hydrogen (secondary N) is 2. The largest absolute Gasteiger partial charge is 0.378 e. The molecule has 0 aliphatic heterocycles. The third kappa shape index (κ3) is 4.64. The molecule has 0 spiro atoms. The normalized spacial score (nSPS) is 10.4. The average Bonchev–Trinajstić information content (AvgIpc) is 2.65. The molecule has 138 valence electrons. The summed E-state index contributed by atoms with van der Waals surface area (Å²) < 4.78 is 0. The van der Waals surface area contributed by atoms with E-state index in [0.717, 1.165) is 28.2 Å². The lowest BCUT2D eigenvalue weighted by Gasteiger charge is -2.13. The number of anilines is 4. The highest BCUT2D eigenvalue weighted by Gasteiger charge is 2.09. The van der Waals surface area contributed by atoms with Gasteiger partial charge in [-0.1, -0.05) is 12.1 Å². The number of carbonyl (C=O) groups is 1. The van der Waals surface area contributed by atoms with E-state index in [9.17, 15) is 4.79 Å². The number of benzene rings is 2. The Morgan fingerprint density at radius 3 is 2.41 bits per heavy atom. The van der Waals surface area contributed by atoms with Crippen LogP contribution in [0.25, 0.3) is 0 Å². The molecule has 2 aromatic carbocycles. The van der Waals surface area contributed by atoms with Crippen molar-refractivity contribution < 1.29 is 4.79 Å². The highest BCUT2D eigenvalue weighted by atomic mass is 16.1. The number of aryl methyl sites for hydroxylation is 2. The molecule has 0 saturated heterocycles. The van der Waals surface area contributed by atoms with E-state index in [2.05, 4.69) is 15.6 Å². The van der Waals surface area contributed by atoms with Gasteiger partial charge < -0.3 is 15.5 Å². The molecule has 5 nitrogen and oxygen atoms in total. The second-order valence-corrected chi connectivity index (χ2v) is 6.77. The van der Waals surface area contributed by atoms with Crippen LogP contribution in [0.15, 0.2) is 60.8 Å². The minimum absolute atomic E-state index is 0.155. The van der Waals surface area contributed by atoms with Crippen molar-refractivity contribution >= 4 is 28.8 Å². The summed E-state index contributed by atoms with van der Waals surface area (Å²) in [5.74, 6) is 0.471. The van der Waals surface area contributed by atoms with Crippen molar-refractivity contribution in [2.45, 2.75) is 13.8 Å². The smallest absolute Gasteiger partial charge is 0.255 e. The van der Waals surface area contributed by atoms with Crippen LogP contribution in [0.3, 0.4) is 0 Å². The van der Waals surface area contributed by atoms with Gasteiger partial charge in [0.25, 0.3) is 5.91 Å². The zero-order chi connectivity index (χ0) is 19.4. The molecule has 1 aromatic heterocycles. The van der Waals surface area contributed by atoms with Crippen molar-refractivity contribution in [1.82, 2.24) is 4.98 Å². The number of hydrogen-bond acceptors (Lipinski definition) is 4. The first-order valence-electron chi connectivity index (χ1n) is 8.81. The molecule has 0 saturated carbocycles. The van der Waals surface area contributed by atoms with Crippen LogP contribution in [0.1, 0.15) is 21.5 Å². The summed E-state index contributed by atoms with van der Waals surface area (Å²) in [7, 11) is 4.00. The highest BCUT2D eigenvalue weighted by molar-refractivity contribution is 6.05. The van der Waals surface area contributed by atoms with Crippen molar-refractivity contribution in [3.63, 3.8) is 0 Å². The monoisotopic (exact) mass is 360 g/mol. The van der Waals surface area contributed by atoms with Gasteiger partial charge in [-0.25, -0.2) is 4.98 Å². The van der Waals surface area contributed by atoms with Crippen LogP contribution >= 0.6 is 0 Å². The third-order valence-corrected chi connectivity index (χ3v) is 4.32. The van der Waals surface area contributed by atoms with E-state index in [1.807, 2.05) is 75.3 Å². The summed E-state index contributed by atoms with van der Waals surface area (Å²) in [6.45, 7) is 3.98. The fourth-order valence-corrected chi connectivity index (χ4v) is 2.70. The van der Waals surface area contributed by atoms with E-state index in [1.54, 1.807) is 18.3 Å². The van der Waals surface area contributed by atoms with Crippen LogP contribution < -0.4 is 15.5 Å². The topological polar surface area (TPSA) is 57.3 Å². The van der Waals surface area contributed by atoms with E-state index < -0.39 is 0 Å². The Hall–Kier alpha value is -3.34. The summed E-state index contributed by atoms with van der Waals surface area (Å²) in [5, 5.41) is 6.22. The SMILES string of the molecule is Cc1ccc(C)c(NC(=O)c2ccnc(Nc3ccc(N(C)C)cc3)c2)c1. The van der Waals surface area contributed by atoms with Gasteiger partial charge in [0, 0.05) is 42.9 Å². The molecule has 1 amide bonds. The van der Waals surface area contributed by atoms with E-state index in [-0.39, 0.29) is 5.91 Å². The lowest BCUT2D eigenvalue weighted by atomic mass is 10.1. The number of rotatable bonds is 5. The first-order valence-corrected chi connectivity index (χ1v) is 8.81. The molecule has 0 unspecified atom stereocenters. The van der Waals surface area contributed by atoms with Crippen molar-refractivity contribution in [3.05, 3.63) is 77.5 Å². The Kier molecular flexibility index (Phi) is 5.41. The molecule has 0 atom stereocenters. The Balaban J connectivity index is 1.74. The second kappa shape index (κ2) is 7.91. The Morgan fingerprint density at radius 2 is 1.70 bits per heavy atom. The molecule has 3 aromatic rings. The summed E-state index contributed by atoms with van der Waals surface area (Å²) in [6.07, 6.45) is 1.63. The molecule has 0 aliphatic carbocycles. The molecular weight excluding hydrogens is 336 g/mol. The van der Waals surface area contributed by atoms with Crippen molar-refractivity contribution in [1.29, 1.82) is 0 Å². The summed E-state index contributed by atoms with van der Waals surface area (Å²) in [4.78, 5) is 19.0. The number of carbonyl (C=O) groups excluding carboxylic acids is 1. The fraction of sp³-hybridized carbons (Fsp3) is 0.182. The highest BCUT2D eigenvalue weighted by Crippen LogP contribution is 2.21. The summed E-state index contributed by atoms with van der Waals surface area (Å²) in [5.41, 5.74) is 5.55. The van der Waals surface area contributed by atoms with E-state index in [0.29, 0.717) is 11.4 Å². The average molecular weight is 360 g/mol. The molecular formula is C22H24N4O. The van der Waals surface area contributed by atoms with Crippen LogP contribution in [-0.2, 0) is 0 Å². The predicted octanol–water partition coefficient (Wildman–Crippen LogP) is 4.76. The standard InChI is InChI=1S/C22H24N4O/c1-15-5-6-16(2)20(13-15)25-22(27)17-11-12-23-21(14-17)24-18-7-9-19(10-8-18)26(3)4/h5-14H,1-4H3,(H,23,24)(H,25,27). The van der Waals surface area contributed by atoms with Gasteiger partial charge in [0.05, 0.1) is 0 Å². The quantitative estimate of drug-likeness (QED) is 0.689. The van der Waals surface area contributed by atoms with Crippen LogP contribution in [0.2, 0.25) is 0 Å². The Morgan fingerprint density at radius 1 is 0.963 bits per heavy atom. The molecule has 0 fully saturated rings.